The van der Waals surface area contributed by atoms with Crippen LogP contribution in [0.15, 0.2) is 97.2 Å². The number of carbonyl (C=O) groups excluding carboxylic acids is 3. The first-order valence-corrected chi connectivity index (χ1v) is 28.6. The van der Waals surface area contributed by atoms with Crippen molar-refractivity contribution in [3.05, 3.63) is 97.2 Å². The number of phosphoric acid groups is 1. The minimum Gasteiger partial charge on any atom is -0.462 e. The fraction of sp³-hybridized carbons (Fsp3) is 0.672. The van der Waals surface area contributed by atoms with Crippen LogP contribution in [0.3, 0.4) is 0 Å². The van der Waals surface area contributed by atoms with Gasteiger partial charge in [-0.15, -0.1) is 0 Å². The number of hydrogen-bond donors (Lipinski definition) is 2. The molecule has 0 heterocycles. The predicted octanol–water partition coefficient (Wildman–Crippen LogP) is 15.7. The van der Waals surface area contributed by atoms with Gasteiger partial charge < -0.3 is 24.2 Å². The van der Waals surface area contributed by atoms with Gasteiger partial charge in [-0.25, -0.2) is 4.57 Å². The van der Waals surface area contributed by atoms with Crippen molar-refractivity contribution in [1.29, 1.82) is 0 Å². The fourth-order valence-corrected chi connectivity index (χ4v) is 7.71. The van der Waals surface area contributed by atoms with E-state index in [1.807, 2.05) is 0 Å². The molecule has 0 fully saturated rings. The molecule has 0 saturated carbocycles. The van der Waals surface area contributed by atoms with Gasteiger partial charge in [0.25, 0.3) is 0 Å². The average molecular weight is 1000 g/mol. The molecule has 11 nitrogen and oxygen atoms in total. The smallest absolute Gasteiger partial charge is 0.462 e. The molecule has 0 aliphatic rings. The predicted molar refractivity (Wildman–Crippen MR) is 288 cm³/mol. The maximum absolute atomic E-state index is 12.9. The Bertz CT molecular complexity index is 1540. The number of unbranched alkanes of at least 4 members (excludes halogenated alkanes) is 16. The van der Waals surface area contributed by atoms with Gasteiger partial charge in [-0.05, 0) is 96.3 Å². The second-order valence-corrected chi connectivity index (χ2v) is 19.1. The third kappa shape index (κ3) is 49.4. The Morgan fingerprint density at radius 3 is 1.14 bits per heavy atom. The molecule has 0 aromatic rings. The molecule has 3 unspecified atom stereocenters. The van der Waals surface area contributed by atoms with E-state index in [2.05, 4.69) is 118 Å². The molecule has 2 N–H and O–H groups in total. The monoisotopic (exact) mass is 1000 g/mol. The summed E-state index contributed by atoms with van der Waals surface area (Å²) in [6.07, 6.45) is 59.5. The summed E-state index contributed by atoms with van der Waals surface area (Å²) in [4.78, 5) is 48.4. The van der Waals surface area contributed by atoms with Crippen LogP contribution in [-0.4, -0.2) is 66.5 Å². The van der Waals surface area contributed by atoms with E-state index in [4.69, 9.17) is 23.3 Å². The van der Waals surface area contributed by atoms with E-state index in [0.717, 1.165) is 122 Å². The Morgan fingerprint density at radius 1 is 0.414 bits per heavy atom. The Morgan fingerprint density at radius 2 is 0.743 bits per heavy atom. The second kappa shape index (κ2) is 51.7. The Balaban J connectivity index is 4.83. The van der Waals surface area contributed by atoms with E-state index >= 15 is 0 Å². The van der Waals surface area contributed by atoms with Crippen molar-refractivity contribution >= 4 is 25.7 Å². The summed E-state index contributed by atoms with van der Waals surface area (Å²) in [5.74, 6) is -1.53. The second-order valence-electron chi connectivity index (χ2n) is 17.6. The summed E-state index contributed by atoms with van der Waals surface area (Å²) < 4.78 is 39.3. The van der Waals surface area contributed by atoms with Crippen molar-refractivity contribution in [1.82, 2.24) is 0 Å². The first-order valence-electron chi connectivity index (χ1n) is 27.1. The number of hydrogen-bond acceptors (Lipinski definition) is 10. The van der Waals surface area contributed by atoms with E-state index < -0.39 is 57.8 Å². The van der Waals surface area contributed by atoms with Crippen LogP contribution in [0.1, 0.15) is 213 Å². The topological polar surface area (TPSA) is 155 Å². The molecule has 0 amide bonds. The molecule has 0 aliphatic heterocycles. The molecule has 12 heteroatoms. The van der Waals surface area contributed by atoms with E-state index in [-0.39, 0.29) is 25.9 Å². The van der Waals surface area contributed by atoms with Crippen LogP contribution in [0.4, 0.5) is 0 Å². The standard InChI is InChI=1S/C58H97O11P/c1-4-7-10-13-16-19-21-23-25-27-29-31-33-36-38-41-44-47-56(60)65-51-55(69-58(62)49-46-43-40-37-34-32-30-28-26-24-22-20-17-14-11-8-5-2)53-67-70(63,64)66-52-54(50-59)68-57(61)48-45-42-39-35-18-15-12-9-6-3/h7-8,10-11,16-17,19-20,23-26,29-32,54-55,59H,4-6,9,12-15,18,21-22,27-28,33-53H2,1-3H3,(H,63,64)/b10-7-,11-8-,19-16-,20-17-,25-23-,26-24-,31-29-,32-30-. The van der Waals surface area contributed by atoms with Crippen LogP contribution in [0.25, 0.3) is 0 Å². The Kier molecular flexibility index (Phi) is 49.1. The number of esters is 3. The first-order chi connectivity index (χ1) is 34.2. The van der Waals surface area contributed by atoms with Crippen LogP contribution in [0, 0.1) is 0 Å². The fourth-order valence-electron chi connectivity index (χ4n) is 6.93. The van der Waals surface area contributed by atoms with Crippen molar-refractivity contribution in [2.24, 2.45) is 0 Å². The van der Waals surface area contributed by atoms with Crippen molar-refractivity contribution in [2.75, 3.05) is 26.4 Å². The highest BCUT2D eigenvalue weighted by Crippen LogP contribution is 2.43. The van der Waals surface area contributed by atoms with E-state index in [1.54, 1.807) is 0 Å². The van der Waals surface area contributed by atoms with E-state index in [0.29, 0.717) is 19.3 Å². The minimum absolute atomic E-state index is 0.130. The minimum atomic E-state index is -4.76. The highest BCUT2D eigenvalue weighted by atomic mass is 31.2. The molecular formula is C58H97O11P. The number of aliphatic hydroxyl groups is 1. The van der Waals surface area contributed by atoms with E-state index in [9.17, 15) is 28.9 Å². The molecule has 0 aliphatic carbocycles. The van der Waals surface area contributed by atoms with Gasteiger partial charge in [0.05, 0.1) is 19.8 Å². The zero-order chi connectivity index (χ0) is 51.3. The van der Waals surface area contributed by atoms with Crippen molar-refractivity contribution in [2.45, 2.75) is 226 Å². The molecule has 70 heavy (non-hydrogen) atoms. The molecule has 0 radical (unpaired) electrons. The summed E-state index contributed by atoms with van der Waals surface area (Å²) in [5, 5.41) is 9.76. The number of aliphatic hydroxyl groups excluding tert-OH is 1. The Labute approximate surface area is 425 Å². The van der Waals surface area contributed by atoms with Gasteiger partial charge in [-0.2, -0.15) is 0 Å². The number of carbonyl (C=O) groups is 3. The first kappa shape index (κ1) is 66.4. The van der Waals surface area contributed by atoms with E-state index in [1.165, 1.54) is 32.1 Å². The summed E-state index contributed by atoms with van der Waals surface area (Å²) in [6, 6.07) is 0. The van der Waals surface area contributed by atoms with Gasteiger partial charge >= 0.3 is 25.7 Å². The summed E-state index contributed by atoms with van der Waals surface area (Å²) in [5.41, 5.74) is 0. The molecule has 0 spiro atoms. The zero-order valence-electron chi connectivity index (χ0n) is 43.9. The lowest BCUT2D eigenvalue weighted by atomic mass is 10.1. The van der Waals surface area contributed by atoms with Crippen molar-refractivity contribution < 1.29 is 52.2 Å². The number of ether oxygens (including phenoxy) is 3. The SMILES string of the molecule is CC/C=C\C/C=C\C/C=C\C/C=C\CCCCCCC(=O)OCC(COP(=O)(O)OCC(CO)OC(=O)CCCCCCCCCCC)OC(=O)CCCCCC/C=C\C/C=C\C/C=C\C/C=C\CC. The van der Waals surface area contributed by atoms with Gasteiger partial charge in [0.15, 0.2) is 6.10 Å². The van der Waals surface area contributed by atoms with Gasteiger partial charge in [-0.3, -0.25) is 23.4 Å². The molecule has 3 atom stereocenters. The maximum Gasteiger partial charge on any atom is 0.472 e. The van der Waals surface area contributed by atoms with Crippen LogP contribution in [-0.2, 0) is 42.2 Å². The lowest BCUT2D eigenvalue weighted by Crippen LogP contribution is -2.30. The maximum atomic E-state index is 12.9. The molecule has 0 rings (SSSR count). The van der Waals surface area contributed by atoms with Gasteiger partial charge in [-0.1, -0.05) is 195 Å². The molecule has 400 valence electrons. The molecule has 0 aromatic carbocycles. The number of phosphoric ester groups is 1. The summed E-state index contributed by atoms with van der Waals surface area (Å²) >= 11 is 0. The van der Waals surface area contributed by atoms with Crippen LogP contribution >= 0.6 is 7.82 Å². The highest BCUT2D eigenvalue weighted by Gasteiger charge is 2.28. The quantitative estimate of drug-likeness (QED) is 0.0197. The number of allylic oxidation sites excluding steroid dienone is 16. The van der Waals surface area contributed by atoms with Crippen LogP contribution < -0.4 is 0 Å². The summed E-state index contributed by atoms with van der Waals surface area (Å²) in [6.45, 7) is 4.32. The summed E-state index contributed by atoms with van der Waals surface area (Å²) in [7, 11) is -4.76. The van der Waals surface area contributed by atoms with Gasteiger partial charge in [0, 0.05) is 19.3 Å². The third-order valence-corrected chi connectivity index (χ3v) is 12.0. The lowest BCUT2D eigenvalue weighted by Gasteiger charge is -2.21. The number of rotatable bonds is 49. The lowest BCUT2D eigenvalue weighted by molar-refractivity contribution is -0.161. The van der Waals surface area contributed by atoms with Gasteiger partial charge in [0.1, 0.15) is 12.7 Å². The van der Waals surface area contributed by atoms with Crippen molar-refractivity contribution in [3.8, 4) is 0 Å². The van der Waals surface area contributed by atoms with Crippen molar-refractivity contribution in [3.63, 3.8) is 0 Å². The largest absolute Gasteiger partial charge is 0.472 e. The third-order valence-electron chi connectivity index (χ3n) is 11.0. The Hall–Kier alpha value is -3.60. The zero-order valence-corrected chi connectivity index (χ0v) is 44.8. The molecule has 0 bridgehead atoms. The van der Waals surface area contributed by atoms with Gasteiger partial charge in [0.2, 0.25) is 0 Å². The van der Waals surface area contributed by atoms with Crippen LogP contribution in [0.2, 0.25) is 0 Å². The normalized spacial score (nSPS) is 14.2. The molecule has 0 saturated heterocycles. The highest BCUT2D eigenvalue weighted by molar-refractivity contribution is 7.47. The average Bonchev–Trinajstić information content (AvgIpc) is 3.35. The van der Waals surface area contributed by atoms with Crippen LogP contribution in [0.5, 0.6) is 0 Å². The molecular weight excluding hydrogens is 904 g/mol. The molecule has 0 aromatic heterocycles.